The van der Waals surface area contributed by atoms with Crippen molar-refractivity contribution in [1.82, 2.24) is 9.80 Å². The number of aromatic hydroxyl groups is 1. The van der Waals surface area contributed by atoms with Crippen LogP contribution in [0, 0.1) is 6.92 Å². The zero-order valence-corrected chi connectivity index (χ0v) is 22.6. The number of carbonyl (C=O) groups excluding carboxylic acids is 2. The van der Waals surface area contributed by atoms with Crippen LogP contribution in [0.2, 0.25) is 0 Å². The number of aryl methyl sites for hydroxylation is 1. The number of Topliss-reactive ketones (excluding diaryl/α,β-unsaturated/α-hetero) is 1. The van der Waals surface area contributed by atoms with Gasteiger partial charge in [-0.2, -0.15) is 0 Å². The first-order chi connectivity index (χ1) is 19.4. The molecule has 0 aliphatic carbocycles. The van der Waals surface area contributed by atoms with Crippen LogP contribution in [0.3, 0.4) is 0 Å². The molecular weight excluding hydrogens is 508 g/mol. The van der Waals surface area contributed by atoms with Gasteiger partial charge in [0.25, 0.3) is 11.7 Å². The molecule has 2 aliphatic heterocycles. The minimum Gasteiger partial charge on any atom is -0.508 e. The van der Waals surface area contributed by atoms with Gasteiger partial charge in [0.15, 0.2) is 0 Å². The van der Waals surface area contributed by atoms with Crippen LogP contribution in [0.4, 0.5) is 0 Å². The Morgan fingerprint density at radius 1 is 0.975 bits per heavy atom. The second kappa shape index (κ2) is 12.4. The molecule has 0 aromatic heterocycles. The van der Waals surface area contributed by atoms with Crippen molar-refractivity contribution in [3.05, 3.63) is 101 Å². The molecule has 2 saturated heterocycles. The highest BCUT2D eigenvalue weighted by atomic mass is 16.5. The van der Waals surface area contributed by atoms with E-state index in [2.05, 4.69) is 11.0 Å². The lowest BCUT2D eigenvalue weighted by Gasteiger charge is -2.29. The van der Waals surface area contributed by atoms with E-state index in [0.717, 1.165) is 30.8 Å². The Morgan fingerprint density at radius 2 is 1.73 bits per heavy atom. The summed E-state index contributed by atoms with van der Waals surface area (Å²) in [6.45, 7) is 6.57. The van der Waals surface area contributed by atoms with Gasteiger partial charge in [-0.15, -0.1) is 0 Å². The summed E-state index contributed by atoms with van der Waals surface area (Å²) in [5.41, 5.74) is 3.17. The maximum Gasteiger partial charge on any atom is 0.295 e. The summed E-state index contributed by atoms with van der Waals surface area (Å²) in [7, 11) is 0. The van der Waals surface area contributed by atoms with Gasteiger partial charge in [0.2, 0.25) is 0 Å². The number of ether oxygens (including phenoxy) is 2. The van der Waals surface area contributed by atoms with Gasteiger partial charge >= 0.3 is 0 Å². The number of amides is 1. The first kappa shape index (κ1) is 27.4. The largest absolute Gasteiger partial charge is 0.508 e. The Kier molecular flexibility index (Phi) is 8.48. The molecule has 3 aromatic carbocycles. The van der Waals surface area contributed by atoms with Crippen LogP contribution in [-0.2, 0) is 20.9 Å². The van der Waals surface area contributed by atoms with E-state index in [-0.39, 0.29) is 17.1 Å². The number of likely N-dealkylation sites (tertiary alicyclic amines) is 1. The summed E-state index contributed by atoms with van der Waals surface area (Å²) in [6, 6.07) is 20.5. The van der Waals surface area contributed by atoms with E-state index in [1.165, 1.54) is 17.0 Å². The lowest BCUT2D eigenvalue weighted by molar-refractivity contribution is -0.140. The molecule has 0 spiro atoms. The van der Waals surface area contributed by atoms with Crippen molar-refractivity contribution in [2.24, 2.45) is 0 Å². The Bertz CT molecular complexity index is 1390. The topological polar surface area (TPSA) is 99.5 Å². The Morgan fingerprint density at radius 3 is 2.45 bits per heavy atom. The average Bonchev–Trinajstić information content (AvgIpc) is 3.22. The molecule has 0 radical (unpaired) electrons. The molecule has 1 unspecified atom stereocenters. The summed E-state index contributed by atoms with van der Waals surface area (Å²) in [5, 5.41) is 21.5. The van der Waals surface area contributed by atoms with E-state index in [1.807, 2.05) is 25.1 Å². The van der Waals surface area contributed by atoms with Crippen LogP contribution in [0.1, 0.15) is 34.7 Å². The molecule has 2 N–H and O–H groups in total. The minimum atomic E-state index is -0.811. The number of phenols is 1. The van der Waals surface area contributed by atoms with Crippen LogP contribution < -0.4 is 4.74 Å². The smallest absolute Gasteiger partial charge is 0.295 e. The van der Waals surface area contributed by atoms with E-state index in [1.54, 1.807) is 36.4 Å². The summed E-state index contributed by atoms with van der Waals surface area (Å²) in [6.07, 6.45) is 0.662. The average molecular weight is 543 g/mol. The van der Waals surface area contributed by atoms with Crippen molar-refractivity contribution in [2.75, 3.05) is 39.4 Å². The summed E-state index contributed by atoms with van der Waals surface area (Å²) in [5.74, 6) is -1.02. The number of carbonyl (C=O) groups is 2. The summed E-state index contributed by atoms with van der Waals surface area (Å²) in [4.78, 5) is 30.3. The van der Waals surface area contributed by atoms with E-state index in [9.17, 15) is 19.8 Å². The fraction of sp³-hybridized carbons (Fsp3) is 0.312. The number of benzene rings is 3. The van der Waals surface area contributed by atoms with Crippen LogP contribution in [-0.4, -0.2) is 71.1 Å². The van der Waals surface area contributed by atoms with Gasteiger partial charge in [-0.05, 0) is 60.9 Å². The predicted molar refractivity (Wildman–Crippen MR) is 151 cm³/mol. The number of aliphatic hydroxyl groups is 1. The minimum absolute atomic E-state index is 0.00963. The van der Waals surface area contributed by atoms with Crippen molar-refractivity contribution < 1.29 is 29.3 Å². The van der Waals surface area contributed by atoms with Crippen LogP contribution in [0.5, 0.6) is 11.5 Å². The zero-order valence-electron chi connectivity index (χ0n) is 22.6. The van der Waals surface area contributed by atoms with Gasteiger partial charge in [0, 0.05) is 31.7 Å². The monoisotopic (exact) mass is 542 g/mol. The fourth-order valence-electron chi connectivity index (χ4n) is 5.27. The predicted octanol–water partition coefficient (Wildman–Crippen LogP) is 4.42. The molecule has 5 rings (SSSR count). The highest BCUT2D eigenvalue weighted by Crippen LogP contribution is 2.40. The number of morpholine rings is 1. The van der Waals surface area contributed by atoms with Crippen molar-refractivity contribution in [3.8, 4) is 11.5 Å². The number of aliphatic hydroxyl groups excluding tert-OH is 1. The number of hydrogen-bond donors (Lipinski definition) is 2. The number of rotatable bonds is 9. The van der Waals surface area contributed by atoms with Crippen molar-refractivity contribution in [2.45, 2.75) is 26.0 Å². The number of hydrogen-bond acceptors (Lipinski definition) is 7. The zero-order chi connectivity index (χ0) is 28.1. The second-order valence-electron chi connectivity index (χ2n) is 10.2. The van der Waals surface area contributed by atoms with Gasteiger partial charge in [-0.1, -0.05) is 42.0 Å². The van der Waals surface area contributed by atoms with Crippen molar-refractivity contribution in [3.63, 3.8) is 0 Å². The quantitative estimate of drug-likeness (QED) is 0.235. The highest BCUT2D eigenvalue weighted by Gasteiger charge is 2.45. The molecule has 0 saturated carbocycles. The van der Waals surface area contributed by atoms with Gasteiger partial charge in [-0.25, -0.2) is 0 Å². The lowest BCUT2D eigenvalue weighted by Crippen LogP contribution is -2.38. The highest BCUT2D eigenvalue weighted by molar-refractivity contribution is 6.46. The van der Waals surface area contributed by atoms with E-state index >= 15 is 0 Å². The number of phenolic OH excluding ortho intramolecular Hbond substituents is 1. The third-order valence-electron chi connectivity index (χ3n) is 7.32. The van der Waals surface area contributed by atoms with Crippen molar-refractivity contribution >= 4 is 17.4 Å². The standard InChI is InChI=1S/C32H34N2O6/c1-22-5-2-6-23(19-22)21-40-27-11-9-24(10-12-27)30(36)28-29(25-7-3-8-26(35)20-25)34(32(38)31(28)37)14-4-13-33-15-17-39-18-16-33/h2-3,5-12,19-20,29,35-36H,4,13-18,21H2,1H3. The SMILES string of the molecule is Cc1cccc(COc2ccc(C(O)=C3C(=O)C(=O)N(CCCN4CCOCC4)C3c3cccc(O)c3)cc2)c1. The maximum absolute atomic E-state index is 13.3. The van der Waals surface area contributed by atoms with Crippen LogP contribution in [0.15, 0.2) is 78.4 Å². The summed E-state index contributed by atoms with van der Waals surface area (Å²) < 4.78 is 11.3. The van der Waals surface area contributed by atoms with Gasteiger partial charge in [0.1, 0.15) is 23.9 Å². The normalized spacial score (nSPS) is 19.2. The molecule has 40 heavy (non-hydrogen) atoms. The lowest BCUT2D eigenvalue weighted by atomic mass is 9.95. The maximum atomic E-state index is 13.3. The molecule has 208 valence electrons. The molecule has 2 aliphatic rings. The Balaban J connectivity index is 1.38. The van der Waals surface area contributed by atoms with Gasteiger partial charge in [-0.3, -0.25) is 14.5 Å². The molecule has 2 heterocycles. The molecule has 1 amide bonds. The first-order valence-electron chi connectivity index (χ1n) is 13.6. The molecular formula is C32H34N2O6. The Labute approximate surface area is 234 Å². The van der Waals surface area contributed by atoms with Crippen LogP contribution in [0.25, 0.3) is 5.76 Å². The third kappa shape index (κ3) is 6.19. The second-order valence-corrected chi connectivity index (χ2v) is 10.2. The van der Waals surface area contributed by atoms with Gasteiger partial charge in [0.05, 0.1) is 24.8 Å². The third-order valence-corrected chi connectivity index (χ3v) is 7.32. The summed E-state index contributed by atoms with van der Waals surface area (Å²) >= 11 is 0. The van der Waals surface area contributed by atoms with E-state index < -0.39 is 17.7 Å². The molecule has 8 heteroatoms. The molecule has 1 atom stereocenters. The first-order valence-corrected chi connectivity index (χ1v) is 13.6. The molecule has 8 nitrogen and oxygen atoms in total. The molecule has 0 bridgehead atoms. The Hall–Kier alpha value is -4.14. The molecule has 3 aromatic rings. The van der Waals surface area contributed by atoms with E-state index in [4.69, 9.17) is 9.47 Å². The number of nitrogens with zero attached hydrogens (tertiary/aromatic N) is 2. The van der Waals surface area contributed by atoms with Crippen LogP contribution >= 0.6 is 0 Å². The number of ketones is 1. The van der Waals surface area contributed by atoms with Gasteiger partial charge < -0.3 is 24.6 Å². The molecule has 2 fully saturated rings. The van der Waals surface area contributed by atoms with E-state index in [0.29, 0.717) is 49.7 Å². The van der Waals surface area contributed by atoms with Crippen molar-refractivity contribution in [1.29, 1.82) is 0 Å². The fourth-order valence-corrected chi connectivity index (χ4v) is 5.27.